The van der Waals surface area contributed by atoms with Crippen molar-refractivity contribution in [1.82, 2.24) is 20.5 Å². The van der Waals surface area contributed by atoms with Crippen LogP contribution in [0.1, 0.15) is 36.5 Å². The molecule has 0 aliphatic rings. The number of amides is 1. The molecule has 4 aromatic rings. The van der Waals surface area contributed by atoms with Gasteiger partial charge in [0.2, 0.25) is 0 Å². The van der Waals surface area contributed by atoms with Crippen LogP contribution in [0.2, 0.25) is 5.02 Å². The number of hydrogen-bond donors (Lipinski definition) is 2. The lowest BCUT2D eigenvalue weighted by Gasteiger charge is -2.12. The number of ether oxygens (including phenoxy) is 2. The Kier molecular flexibility index (Phi) is 7.33. The van der Waals surface area contributed by atoms with Crippen molar-refractivity contribution in [3.05, 3.63) is 59.1 Å². The number of aromatic nitrogens is 3. The summed E-state index contributed by atoms with van der Waals surface area (Å²) in [4.78, 5) is 18.1. The molecule has 2 heterocycles. The van der Waals surface area contributed by atoms with Gasteiger partial charge in [0.05, 0.1) is 36.6 Å². The van der Waals surface area contributed by atoms with Gasteiger partial charge in [0.1, 0.15) is 0 Å². The van der Waals surface area contributed by atoms with Gasteiger partial charge in [-0.3, -0.25) is 9.89 Å². The van der Waals surface area contributed by atoms with Crippen LogP contribution >= 0.6 is 11.6 Å². The number of benzene rings is 2. The Labute approximate surface area is 203 Å². The lowest BCUT2D eigenvalue weighted by atomic mass is 10.0. The minimum atomic E-state index is -0.165. The van der Waals surface area contributed by atoms with Crippen molar-refractivity contribution in [3.8, 4) is 34.0 Å². The first-order chi connectivity index (χ1) is 16.5. The number of hydrogen-bond acceptors (Lipinski definition) is 5. The molecule has 4 rings (SSSR count). The molecule has 0 atom stereocenters. The number of methoxy groups -OCH3 is 2. The first-order valence-electron chi connectivity index (χ1n) is 11.2. The summed E-state index contributed by atoms with van der Waals surface area (Å²) in [7, 11) is 3.17. The summed E-state index contributed by atoms with van der Waals surface area (Å²) in [5.41, 5.74) is 3.95. The Morgan fingerprint density at radius 1 is 1.00 bits per heavy atom. The normalized spacial score (nSPS) is 10.9. The zero-order chi connectivity index (χ0) is 24.1. The zero-order valence-corrected chi connectivity index (χ0v) is 20.2. The highest BCUT2D eigenvalue weighted by atomic mass is 35.5. The number of aromatic amines is 1. The number of fused-ring (bicyclic) bond motifs is 1. The van der Waals surface area contributed by atoms with Crippen LogP contribution in [-0.2, 0) is 0 Å². The summed E-state index contributed by atoms with van der Waals surface area (Å²) in [6, 6.07) is 14.7. The minimum absolute atomic E-state index is 0.165. The highest BCUT2D eigenvalue weighted by Crippen LogP contribution is 2.35. The lowest BCUT2D eigenvalue weighted by Crippen LogP contribution is -2.24. The summed E-state index contributed by atoms with van der Waals surface area (Å²) < 4.78 is 10.8. The third kappa shape index (κ3) is 4.84. The van der Waals surface area contributed by atoms with E-state index in [9.17, 15) is 4.79 Å². The Morgan fingerprint density at radius 3 is 2.44 bits per heavy atom. The summed E-state index contributed by atoms with van der Waals surface area (Å²) in [5.74, 6) is 1.03. The van der Waals surface area contributed by atoms with Crippen LogP contribution in [0.3, 0.4) is 0 Å². The molecule has 0 spiro atoms. The number of pyridine rings is 1. The fourth-order valence-electron chi connectivity index (χ4n) is 3.84. The number of halogens is 1. The average molecular weight is 479 g/mol. The van der Waals surface area contributed by atoms with E-state index in [1.165, 1.54) is 0 Å². The Hall–Kier alpha value is -3.58. The number of H-pyrrole nitrogens is 1. The van der Waals surface area contributed by atoms with Crippen molar-refractivity contribution in [2.45, 2.75) is 26.2 Å². The van der Waals surface area contributed by atoms with Gasteiger partial charge in [0.15, 0.2) is 17.1 Å². The fourth-order valence-corrected chi connectivity index (χ4v) is 3.97. The molecule has 34 heavy (non-hydrogen) atoms. The molecule has 0 bridgehead atoms. The zero-order valence-electron chi connectivity index (χ0n) is 19.4. The molecule has 0 saturated carbocycles. The Bertz CT molecular complexity index is 1300. The molecule has 0 saturated heterocycles. The molecule has 0 aliphatic carbocycles. The fraction of sp³-hybridized carbons (Fsp3) is 0.269. The number of nitrogens with zero attached hydrogens (tertiary/aromatic N) is 2. The van der Waals surface area contributed by atoms with Gasteiger partial charge in [0, 0.05) is 22.7 Å². The third-order valence-electron chi connectivity index (χ3n) is 5.65. The van der Waals surface area contributed by atoms with E-state index >= 15 is 0 Å². The molecule has 2 N–H and O–H groups in total. The van der Waals surface area contributed by atoms with E-state index in [0.29, 0.717) is 45.4 Å². The first-order valence-corrected chi connectivity index (χ1v) is 11.6. The Balaban J connectivity index is 1.83. The third-order valence-corrected chi connectivity index (χ3v) is 5.90. The van der Waals surface area contributed by atoms with Crippen LogP contribution in [0, 0.1) is 0 Å². The summed E-state index contributed by atoms with van der Waals surface area (Å²) in [6.07, 6.45) is 3.07. The summed E-state index contributed by atoms with van der Waals surface area (Å²) in [6.45, 7) is 2.74. The average Bonchev–Trinajstić information content (AvgIpc) is 3.30. The van der Waals surface area contributed by atoms with Crippen molar-refractivity contribution >= 4 is 28.5 Å². The topological polar surface area (TPSA) is 89.1 Å². The quantitative estimate of drug-likeness (QED) is 0.293. The van der Waals surface area contributed by atoms with E-state index in [1.54, 1.807) is 32.4 Å². The molecular formula is C26H27ClN4O3. The predicted molar refractivity (Wildman–Crippen MR) is 135 cm³/mol. The molecular weight excluding hydrogens is 452 g/mol. The van der Waals surface area contributed by atoms with E-state index < -0.39 is 0 Å². The van der Waals surface area contributed by atoms with Crippen LogP contribution in [-0.4, -0.2) is 41.9 Å². The minimum Gasteiger partial charge on any atom is -0.493 e. The molecule has 1 amide bonds. The van der Waals surface area contributed by atoms with Gasteiger partial charge in [0.25, 0.3) is 5.91 Å². The molecule has 0 radical (unpaired) electrons. The van der Waals surface area contributed by atoms with Crippen molar-refractivity contribution in [2.75, 3.05) is 20.8 Å². The summed E-state index contributed by atoms with van der Waals surface area (Å²) in [5, 5.41) is 11.8. The largest absolute Gasteiger partial charge is 0.493 e. The maximum absolute atomic E-state index is 13.3. The molecule has 8 heteroatoms. The van der Waals surface area contributed by atoms with Crippen LogP contribution in [0.4, 0.5) is 0 Å². The molecule has 2 aromatic carbocycles. The molecule has 0 aliphatic heterocycles. The predicted octanol–water partition coefficient (Wildman–Crippen LogP) is 5.88. The number of unbranched alkanes of at least 4 members (excludes halogenated alkanes) is 2. The molecule has 176 valence electrons. The van der Waals surface area contributed by atoms with Crippen molar-refractivity contribution in [2.24, 2.45) is 0 Å². The van der Waals surface area contributed by atoms with E-state index in [2.05, 4.69) is 22.4 Å². The standard InChI is InChI=1S/C26H27ClN4O3/c1-4-5-6-13-28-26(32)19-15-20(17-9-12-21(33-2)22(14-17)34-3)29-25-23(19)24(30-31-25)16-7-10-18(27)11-8-16/h7-12,14-15H,4-6,13H2,1-3H3,(H,28,32)(H,29,30,31). The van der Waals surface area contributed by atoms with Crippen molar-refractivity contribution in [3.63, 3.8) is 0 Å². The second-order valence-corrected chi connectivity index (χ2v) is 8.33. The van der Waals surface area contributed by atoms with Crippen LogP contribution < -0.4 is 14.8 Å². The van der Waals surface area contributed by atoms with Gasteiger partial charge in [-0.05, 0) is 42.8 Å². The van der Waals surface area contributed by atoms with E-state index in [4.69, 9.17) is 26.1 Å². The van der Waals surface area contributed by atoms with Crippen molar-refractivity contribution in [1.29, 1.82) is 0 Å². The van der Waals surface area contributed by atoms with E-state index in [-0.39, 0.29) is 5.91 Å². The second kappa shape index (κ2) is 10.6. The highest BCUT2D eigenvalue weighted by molar-refractivity contribution is 6.30. The second-order valence-electron chi connectivity index (χ2n) is 7.89. The van der Waals surface area contributed by atoms with E-state index in [0.717, 1.165) is 36.1 Å². The summed E-state index contributed by atoms with van der Waals surface area (Å²) >= 11 is 6.07. The monoisotopic (exact) mass is 478 g/mol. The van der Waals surface area contributed by atoms with Gasteiger partial charge in [-0.15, -0.1) is 0 Å². The smallest absolute Gasteiger partial charge is 0.252 e. The van der Waals surface area contributed by atoms with Crippen LogP contribution in [0.15, 0.2) is 48.5 Å². The number of nitrogens with one attached hydrogen (secondary N) is 2. The van der Waals surface area contributed by atoms with Gasteiger partial charge < -0.3 is 14.8 Å². The lowest BCUT2D eigenvalue weighted by molar-refractivity contribution is 0.0954. The molecule has 0 unspecified atom stereocenters. The SMILES string of the molecule is CCCCCNC(=O)c1cc(-c2ccc(OC)c(OC)c2)nc2n[nH]c(-c3ccc(Cl)cc3)c12. The molecule has 0 fully saturated rings. The van der Waals surface area contributed by atoms with E-state index in [1.807, 2.05) is 30.3 Å². The van der Waals surface area contributed by atoms with Gasteiger partial charge in [-0.25, -0.2) is 4.98 Å². The van der Waals surface area contributed by atoms with Crippen LogP contribution in [0.5, 0.6) is 11.5 Å². The number of carbonyl (C=O) groups is 1. The molecule has 2 aromatic heterocycles. The first kappa shape index (κ1) is 23.6. The number of rotatable bonds is 9. The maximum atomic E-state index is 13.3. The van der Waals surface area contributed by atoms with Crippen LogP contribution in [0.25, 0.3) is 33.5 Å². The number of carbonyl (C=O) groups excluding carboxylic acids is 1. The van der Waals surface area contributed by atoms with Gasteiger partial charge in [-0.1, -0.05) is 43.5 Å². The van der Waals surface area contributed by atoms with Gasteiger partial charge >= 0.3 is 0 Å². The highest BCUT2D eigenvalue weighted by Gasteiger charge is 2.21. The Morgan fingerprint density at radius 2 is 1.74 bits per heavy atom. The van der Waals surface area contributed by atoms with Gasteiger partial charge in [-0.2, -0.15) is 5.10 Å². The van der Waals surface area contributed by atoms with Crippen molar-refractivity contribution < 1.29 is 14.3 Å². The maximum Gasteiger partial charge on any atom is 0.252 e. The molecule has 7 nitrogen and oxygen atoms in total.